The minimum atomic E-state index is 0.500. The van der Waals surface area contributed by atoms with E-state index >= 15 is 0 Å². The molecule has 0 radical (unpaired) electrons. The fourth-order valence-electron chi connectivity index (χ4n) is 0.719. The van der Waals surface area contributed by atoms with Crippen molar-refractivity contribution in [1.29, 1.82) is 0 Å². The molecule has 0 aliphatic heterocycles. The van der Waals surface area contributed by atoms with Gasteiger partial charge >= 0.3 is 0 Å². The van der Waals surface area contributed by atoms with Gasteiger partial charge in [0.15, 0.2) is 0 Å². The van der Waals surface area contributed by atoms with E-state index in [1.165, 1.54) is 5.56 Å². The Morgan fingerprint density at radius 3 is 2.15 bits per heavy atom. The standard InChI is InChI=1S/C7H11NO.C4H10/c1-2-6-3-7(4-8)9-5-6;1-4(2)3/h3,5H,2,4,8H2,1H3;4H,1-3H3. The Balaban J connectivity index is 0.000000310. The molecule has 0 aliphatic carbocycles. The molecule has 1 aromatic rings. The lowest BCUT2D eigenvalue weighted by atomic mass is 10.2. The number of nitrogens with two attached hydrogens (primary N) is 1. The maximum Gasteiger partial charge on any atom is 0.117 e. The van der Waals surface area contributed by atoms with Gasteiger partial charge in [0.2, 0.25) is 0 Å². The second-order valence-corrected chi connectivity index (χ2v) is 3.71. The van der Waals surface area contributed by atoms with Crippen LogP contribution in [0.1, 0.15) is 39.0 Å². The molecule has 0 saturated heterocycles. The summed E-state index contributed by atoms with van der Waals surface area (Å²) in [6.45, 7) is 9.09. The van der Waals surface area contributed by atoms with Crippen molar-refractivity contribution in [3.05, 3.63) is 23.7 Å². The van der Waals surface area contributed by atoms with Crippen LogP contribution in [0.4, 0.5) is 0 Å². The molecule has 2 nitrogen and oxygen atoms in total. The fourth-order valence-corrected chi connectivity index (χ4v) is 0.719. The molecule has 0 aliphatic rings. The van der Waals surface area contributed by atoms with Crippen LogP contribution in [-0.4, -0.2) is 0 Å². The molecule has 0 saturated carbocycles. The Kier molecular flexibility index (Phi) is 6.33. The highest BCUT2D eigenvalue weighted by molar-refractivity contribution is 5.11. The van der Waals surface area contributed by atoms with Crippen molar-refractivity contribution in [3.8, 4) is 0 Å². The van der Waals surface area contributed by atoms with E-state index in [1.54, 1.807) is 6.26 Å². The van der Waals surface area contributed by atoms with Crippen LogP contribution >= 0.6 is 0 Å². The van der Waals surface area contributed by atoms with Crippen LogP contribution in [-0.2, 0) is 13.0 Å². The molecule has 0 atom stereocenters. The van der Waals surface area contributed by atoms with Gasteiger partial charge in [0.05, 0.1) is 12.8 Å². The maximum atomic E-state index is 5.32. The van der Waals surface area contributed by atoms with Crippen LogP contribution in [0.15, 0.2) is 16.7 Å². The van der Waals surface area contributed by atoms with Gasteiger partial charge in [-0.1, -0.05) is 27.7 Å². The van der Waals surface area contributed by atoms with Crippen molar-refractivity contribution >= 4 is 0 Å². The second-order valence-electron chi connectivity index (χ2n) is 3.71. The first-order valence-electron chi connectivity index (χ1n) is 4.86. The Morgan fingerprint density at radius 1 is 1.38 bits per heavy atom. The SMILES string of the molecule is CC(C)C.CCc1coc(CN)c1. The summed E-state index contributed by atoms with van der Waals surface area (Å²) in [6.07, 6.45) is 2.77. The highest BCUT2D eigenvalue weighted by Gasteiger charge is 1.95. The van der Waals surface area contributed by atoms with E-state index in [1.807, 2.05) is 6.07 Å². The predicted octanol–water partition coefficient (Wildman–Crippen LogP) is 2.96. The van der Waals surface area contributed by atoms with Gasteiger partial charge in [-0.15, -0.1) is 0 Å². The summed E-state index contributed by atoms with van der Waals surface area (Å²) in [5.74, 6) is 1.70. The number of hydrogen-bond donors (Lipinski definition) is 1. The molecule has 1 heterocycles. The van der Waals surface area contributed by atoms with Crippen LogP contribution in [0.3, 0.4) is 0 Å². The number of hydrogen-bond acceptors (Lipinski definition) is 2. The molecule has 1 rings (SSSR count). The monoisotopic (exact) mass is 183 g/mol. The molecule has 2 N–H and O–H groups in total. The molecule has 0 spiro atoms. The van der Waals surface area contributed by atoms with E-state index in [-0.39, 0.29) is 0 Å². The molecule has 1 aromatic heterocycles. The number of aryl methyl sites for hydroxylation is 1. The lowest BCUT2D eigenvalue weighted by molar-refractivity contribution is 0.510. The molecule has 0 aromatic carbocycles. The predicted molar refractivity (Wildman–Crippen MR) is 56.5 cm³/mol. The van der Waals surface area contributed by atoms with E-state index in [4.69, 9.17) is 10.2 Å². The van der Waals surface area contributed by atoms with Gasteiger partial charge in [-0.2, -0.15) is 0 Å². The molecular weight excluding hydrogens is 162 g/mol. The minimum Gasteiger partial charge on any atom is -0.468 e. The van der Waals surface area contributed by atoms with Crippen LogP contribution in [0.25, 0.3) is 0 Å². The zero-order valence-corrected chi connectivity index (χ0v) is 9.13. The van der Waals surface area contributed by atoms with Gasteiger partial charge in [0.1, 0.15) is 5.76 Å². The Labute approximate surface area is 81.1 Å². The highest BCUT2D eigenvalue weighted by Crippen LogP contribution is 2.06. The van der Waals surface area contributed by atoms with Gasteiger partial charge < -0.3 is 10.2 Å². The third kappa shape index (κ3) is 6.41. The maximum absolute atomic E-state index is 5.32. The molecule has 76 valence electrons. The number of rotatable bonds is 2. The molecule has 0 amide bonds. The van der Waals surface area contributed by atoms with Crippen molar-refractivity contribution in [2.45, 2.75) is 40.7 Å². The third-order valence-corrected chi connectivity index (χ3v) is 1.32. The van der Waals surface area contributed by atoms with Crippen LogP contribution in [0.2, 0.25) is 0 Å². The average Bonchev–Trinajstić information content (AvgIpc) is 2.50. The topological polar surface area (TPSA) is 39.2 Å². The Hall–Kier alpha value is -0.760. The van der Waals surface area contributed by atoms with Crippen molar-refractivity contribution in [2.75, 3.05) is 0 Å². The Bertz CT molecular complexity index is 194. The summed E-state index contributed by atoms with van der Waals surface area (Å²) >= 11 is 0. The summed E-state index contributed by atoms with van der Waals surface area (Å²) in [4.78, 5) is 0. The molecule has 0 bridgehead atoms. The average molecular weight is 183 g/mol. The molecule has 0 fully saturated rings. The molecule has 13 heavy (non-hydrogen) atoms. The molecule has 0 unspecified atom stereocenters. The summed E-state index contributed by atoms with van der Waals surface area (Å²) in [6, 6.07) is 1.99. The Morgan fingerprint density at radius 2 is 1.92 bits per heavy atom. The lowest BCUT2D eigenvalue weighted by Crippen LogP contribution is -1.92. The van der Waals surface area contributed by atoms with E-state index in [0.29, 0.717) is 6.54 Å². The quantitative estimate of drug-likeness (QED) is 0.765. The lowest BCUT2D eigenvalue weighted by Gasteiger charge is -1.81. The normalized spacial score (nSPS) is 9.69. The van der Waals surface area contributed by atoms with Gasteiger partial charge in [-0.3, -0.25) is 0 Å². The van der Waals surface area contributed by atoms with E-state index in [2.05, 4.69) is 27.7 Å². The van der Waals surface area contributed by atoms with E-state index < -0.39 is 0 Å². The van der Waals surface area contributed by atoms with E-state index in [0.717, 1.165) is 18.1 Å². The molecular formula is C11H21NO. The largest absolute Gasteiger partial charge is 0.468 e. The summed E-state index contributed by atoms with van der Waals surface area (Å²) in [7, 11) is 0. The number of furan rings is 1. The van der Waals surface area contributed by atoms with Crippen molar-refractivity contribution in [3.63, 3.8) is 0 Å². The van der Waals surface area contributed by atoms with E-state index in [9.17, 15) is 0 Å². The highest BCUT2D eigenvalue weighted by atomic mass is 16.3. The van der Waals surface area contributed by atoms with Crippen molar-refractivity contribution < 1.29 is 4.42 Å². The fraction of sp³-hybridized carbons (Fsp3) is 0.636. The van der Waals surface area contributed by atoms with Crippen LogP contribution in [0.5, 0.6) is 0 Å². The summed E-state index contributed by atoms with van der Waals surface area (Å²) in [5, 5.41) is 0. The smallest absolute Gasteiger partial charge is 0.117 e. The van der Waals surface area contributed by atoms with Crippen molar-refractivity contribution in [2.24, 2.45) is 11.7 Å². The molecule has 2 heteroatoms. The first kappa shape index (κ1) is 12.2. The van der Waals surface area contributed by atoms with Crippen molar-refractivity contribution in [1.82, 2.24) is 0 Å². The van der Waals surface area contributed by atoms with Gasteiger partial charge in [-0.05, 0) is 24.0 Å². The van der Waals surface area contributed by atoms with Crippen LogP contribution < -0.4 is 5.73 Å². The van der Waals surface area contributed by atoms with Gasteiger partial charge in [-0.25, -0.2) is 0 Å². The zero-order chi connectivity index (χ0) is 10.3. The minimum absolute atomic E-state index is 0.500. The van der Waals surface area contributed by atoms with Crippen LogP contribution in [0, 0.1) is 5.92 Å². The third-order valence-electron chi connectivity index (χ3n) is 1.32. The summed E-state index contributed by atoms with van der Waals surface area (Å²) in [5.41, 5.74) is 6.54. The van der Waals surface area contributed by atoms with Gasteiger partial charge in [0, 0.05) is 0 Å². The second kappa shape index (κ2) is 6.72. The first-order chi connectivity index (χ1) is 6.10. The van der Waals surface area contributed by atoms with Gasteiger partial charge in [0.25, 0.3) is 0 Å². The summed E-state index contributed by atoms with van der Waals surface area (Å²) < 4.78 is 5.08. The zero-order valence-electron chi connectivity index (χ0n) is 9.13. The first-order valence-corrected chi connectivity index (χ1v) is 4.86.